The van der Waals surface area contributed by atoms with Gasteiger partial charge in [-0.3, -0.25) is 9.59 Å². The molecule has 2 aromatic carbocycles. The predicted molar refractivity (Wildman–Crippen MR) is 100 cm³/mol. The normalized spacial score (nSPS) is 10.4. The fraction of sp³-hybridized carbons (Fsp3) is 0.150. The van der Waals surface area contributed by atoms with Crippen molar-refractivity contribution < 1.29 is 9.53 Å². The number of hydrogen-bond donors (Lipinski definition) is 1. The lowest BCUT2D eigenvalue weighted by Crippen LogP contribution is -2.25. The topological polar surface area (TPSA) is 73.2 Å². The molecule has 0 radical (unpaired) electrons. The number of anilines is 1. The van der Waals surface area contributed by atoms with Crippen molar-refractivity contribution in [2.75, 3.05) is 12.4 Å². The molecule has 0 saturated carbocycles. The van der Waals surface area contributed by atoms with Gasteiger partial charge in [0.2, 0.25) is 5.43 Å². The number of carbonyl (C=O) groups excluding carboxylic acids is 1. The largest absolute Gasteiger partial charge is 0.497 e. The molecule has 0 aliphatic rings. The Balaban J connectivity index is 1.92. The van der Waals surface area contributed by atoms with Gasteiger partial charge in [-0.05, 0) is 55.3 Å². The Bertz CT molecular complexity index is 1010. The van der Waals surface area contributed by atoms with Crippen molar-refractivity contribution in [1.82, 2.24) is 9.78 Å². The zero-order chi connectivity index (χ0) is 18.7. The van der Waals surface area contributed by atoms with Gasteiger partial charge in [0.05, 0.1) is 12.8 Å². The molecule has 6 nitrogen and oxygen atoms in total. The highest BCUT2D eigenvalue weighted by Crippen LogP contribution is 2.17. The number of nitrogens with zero attached hydrogens (tertiary/aromatic N) is 2. The summed E-state index contributed by atoms with van der Waals surface area (Å²) in [5, 5.41) is 6.97. The Morgan fingerprint density at radius 1 is 1.08 bits per heavy atom. The van der Waals surface area contributed by atoms with Gasteiger partial charge in [0.15, 0.2) is 5.69 Å². The van der Waals surface area contributed by atoms with E-state index in [9.17, 15) is 9.59 Å². The van der Waals surface area contributed by atoms with Crippen molar-refractivity contribution in [3.8, 4) is 11.4 Å². The van der Waals surface area contributed by atoms with E-state index in [0.717, 1.165) is 11.1 Å². The first kappa shape index (κ1) is 17.4. The second-order valence-corrected chi connectivity index (χ2v) is 5.94. The maximum atomic E-state index is 12.6. The van der Waals surface area contributed by atoms with Gasteiger partial charge >= 0.3 is 0 Å². The lowest BCUT2D eigenvalue weighted by molar-refractivity contribution is 0.101. The monoisotopic (exact) mass is 349 g/mol. The molecule has 132 valence electrons. The SMILES string of the molecule is COc1ccc(-n2ccc(=O)c(C(=O)Nc3cc(C)ccc3C)n2)cc1. The summed E-state index contributed by atoms with van der Waals surface area (Å²) in [5.74, 6) is 0.175. The van der Waals surface area contributed by atoms with Crippen molar-refractivity contribution >= 4 is 11.6 Å². The van der Waals surface area contributed by atoms with Gasteiger partial charge in [0, 0.05) is 18.0 Å². The third-order valence-electron chi connectivity index (χ3n) is 4.00. The van der Waals surface area contributed by atoms with Crippen LogP contribution in [0.15, 0.2) is 59.5 Å². The van der Waals surface area contributed by atoms with Crippen LogP contribution in [-0.2, 0) is 0 Å². The first-order valence-electron chi connectivity index (χ1n) is 8.11. The molecule has 0 atom stereocenters. The average molecular weight is 349 g/mol. The number of amides is 1. The van der Waals surface area contributed by atoms with Gasteiger partial charge in [0.1, 0.15) is 5.75 Å². The van der Waals surface area contributed by atoms with E-state index in [0.29, 0.717) is 17.1 Å². The third kappa shape index (κ3) is 3.64. The Morgan fingerprint density at radius 3 is 2.50 bits per heavy atom. The van der Waals surface area contributed by atoms with Gasteiger partial charge in [-0.1, -0.05) is 12.1 Å². The Kier molecular flexibility index (Phi) is 4.84. The maximum absolute atomic E-state index is 12.6. The first-order chi connectivity index (χ1) is 12.5. The van der Waals surface area contributed by atoms with Crippen molar-refractivity contribution in [2.24, 2.45) is 0 Å². The van der Waals surface area contributed by atoms with Crippen LogP contribution in [0.1, 0.15) is 21.6 Å². The number of benzene rings is 2. The van der Waals surface area contributed by atoms with E-state index in [2.05, 4.69) is 10.4 Å². The van der Waals surface area contributed by atoms with Crippen LogP contribution in [-0.4, -0.2) is 22.8 Å². The van der Waals surface area contributed by atoms with Gasteiger partial charge in [-0.2, -0.15) is 5.10 Å². The fourth-order valence-corrected chi connectivity index (χ4v) is 2.50. The second-order valence-electron chi connectivity index (χ2n) is 5.94. The number of nitrogens with one attached hydrogen (secondary N) is 1. The van der Waals surface area contributed by atoms with Crippen molar-refractivity contribution in [2.45, 2.75) is 13.8 Å². The van der Waals surface area contributed by atoms with E-state index in [1.54, 1.807) is 31.4 Å². The summed E-state index contributed by atoms with van der Waals surface area (Å²) in [6.07, 6.45) is 1.53. The molecule has 0 fully saturated rings. The summed E-state index contributed by atoms with van der Waals surface area (Å²) in [5.41, 5.74) is 2.71. The number of hydrogen-bond acceptors (Lipinski definition) is 4. The number of methoxy groups -OCH3 is 1. The summed E-state index contributed by atoms with van der Waals surface area (Å²) in [6, 6.07) is 14.2. The molecule has 1 heterocycles. The molecule has 0 bridgehead atoms. The summed E-state index contributed by atoms with van der Waals surface area (Å²) in [6.45, 7) is 3.83. The minimum absolute atomic E-state index is 0.163. The Hall–Kier alpha value is -3.41. The molecular formula is C20H19N3O3. The van der Waals surface area contributed by atoms with Crippen molar-refractivity contribution in [3.05, 3.63) is 81.8 Å². The van der Waals surface area contributed by atoms with Crippen LogP contribution in [0.25, 0.3) is 5.69 Å². The second kappa shape index (κ2) is 7.23. The van der Waals surface area contributed by atoms with Gasteiger partial charge in [-0.15, -0.1) is 0 Å². The number of aryl methyl sites for hydroxylation is 2. The van der Waals surface area contributed by atoms with Crippen molar-refractivity contribution in [3.63, 3.8) is 0 Å². The highest BCUT2D eigenvalue weighted by atomic mass is 16.5. The molecule has 1 N–H and O–H groups in total. The van der Waals surface area contributed by atoms with E-state index in [-0.39, 0.29) is 5.69 Å². The molecule has 0 unspecified atom stereocenters. The third-order valence-corrected chi connectivity index (χ3v) is 4.00. The van der Waals surface area contributed by atoms with E-state index in [4.69, 9.17) is 4.74 Å². The lowest BCUT2D eigenvalue weighted by Gasteiger charge is -2.10. The first-order valence-corrected chi connectivity index (χ1v) is 8.11. The number of aromatic nitrogens is 2. The summed E-state index contributed by atoms with van der Waals surface area (Å²) in [7, 11) is 1.59. The number of rotatable bonds is 4. The Morgan fingerprint density at radius 2 is 1.81 bits per heavy atom. The molecule has 0 spiro atoms. The van der Waals surface area contributed by atoms with E-state index >= 15 is 0 Å². The van der Waals surface area contributed by atoms with Crippen LogP contribution in [0.2, 0.25) is 0 Å². The molecule has 1 amide bonds. The van der Waals surface area contributed by atoms with Crippen LogP contribution in [0.4, 0.5) is 5.69 Å². The van der Waals surface area contributed by atoms with Crippen LogP contribution >= 0.6 is 0 Å². The molecule has 1 aromatic heterocycles. The van der Waals surface area contributed by atoms with Crippen LogP contribution in [0, 0.1) is 13.8 Å². The Labute approximate surface area is 151 Å². The minimum Gasteiger partial charge on any atom is -0.497 e. The van der Waals surface area contributed by atoms with E-state index in [1.165, 1.54) is 16.9 Å². The highest BCUT2D eigenvalue weighted by molar-refractivity contribution is 6.03. The number of carbonyl (C=O) groups is 1. The molecule has 6 heteroatoms. The molecule has 3 rings (SSSR count). The van der Waals surface area contributed by atoms with E-state index in [1.807, 2.05) is 32.0 Å². The molecule has 0 saturated heterocycles. The molecule has 3 aromatic rings. The number of ether oxygens (including phenoxy) is 1. The fourth-order valence-electron chi connectivity index (χ4n) is 2.50. The van der Waals surface area contributed by atoms with Gasteiger partial charge in [-0.25, -0.2) is 4.68 Å². The molecular weight excluding hydrogens is 330 g/mol. The smallest absolute Gasteiger partial charge is 0.280 e. The van der Waals surface area contributed by atoms with Gasteiger partial charge < -0.3 is 10.1 Å². The standard InChI is InChI=1S/C20H19N3O3/c1-13-4-5-14(2)17(12-13)21-20(25)19-18(24)10-11-23(22-19)15-6-8-16(26-3)9-7-15/h4-12H,1-3H3,(H,21,25). The maximum Gasteiger partial charge on any atom is 0.280 e. The summed E-state index contributed by atoms with van der Waals surface area (Å²) in [4.78, 5) is 24.7. The van der Waals surface area contributed by atoms with E-state index < -0.39 is 11.3 Å². The predicted octanol–water partition coefficient (Wildman–Crippen LogP) is 3.11. The quantitative estimate of drug-likeness (QED) is 0.785. The highest BCUT2D eigenvalue weighted by Gasteiger charge is 2.15. The zero-order valence-electron chi connectivity index (χ0n) is 14.8. The average Bonchev–Trinajstić information content (AvgIpc) is 2.65. The van der Waals surface area contributed by atoms with Crippen molar-refractivity contribution in [1.29, 1.82) is 0 Å². The molecule has 26 heavy (non-hydrogen) atoms. The summed E-state index contributed by atoms with van der Waals surface area (Å²) < 4.78 is 6.61. The van der Waals surface area contributed by atoms with Crippen LogP contribution < -0.4 is 15.5 Å². The van der Waals surface area contributed by atoms with Crippen LogP contribution in [0.5, 0.6) is 5.75 Å². The minimum atomic E-state index is -0.536. The lowest BCUT2D eigenvalue weighted by atomic mass is 10.1. The molecule has 0 aliphatic carbocycles. The zero-order valence-corrected chi connectivity index (χ0v) is 14.8. The molecule has 0 aliphatic heterocycles. The van der Waals surface area contributed by atoms with Crippen LogP contribution in [0.3, 0.4) is 0 Å². The summed E-state index contributed by atoms with van der Waals surface area (Å²) >= 11 is 0. The van der Waals surface area contributed by atoms with Gasteiger partial charge in [0.25, 0.3) is 5.91 Å².